The molecule has 5 nitrogen and oxygen atoms in total. The van der Waals surface area contributed by atoms with Crippen molar-refractivity contribution in [3.05, 3.63) is 83.7 Å². The van der Waals surface area contributed by atoms with Crippen molar-refractivity contribution in [2.24, 2.45) is 0 Å². The highest BCUT2D eigenvalue weighted by Gasteiger charge is 2.41. The molecule has 5 rings (SSSR count). The SMILES string of the molecule is CN1Cc2cc(-c3cccnn3)ccc2C(O)(c2cc3ccccc3o2)C1. The molecule has 1 unspecified atom stereocenters. The number of rotatable bonds is 2. The molecule has 2 aromatic carbocycles. The van der Waals surface area contributed by atoms with Gasteiger partial charge in [0.2, 0.25) is 0 Å². The van der Waals surface area contributed by atoms with Gasteiger partial charge in [-0.1, -0.05) is 30.3 Å². The minimum Gasteiger partial charge on any atom is -0.458 e. The van der Waals surface area contributed by atoms with Crippen LogP contribution in [0.15, 0.2) is 71.3 Å². The Hall–Kier alpha value is -3.02. The maximum absolute atomic E-state index is 11.7. The summed E-state index contributed by atoms with van der Waals surface area (Å²) in [6, 6.07) is 19.6. The number of hydrogen-bond acceptors (Lipinski definition) is 5. The lowest BCUT2D eigenvalue weighted by atomic mass is 9.83. The van der Waals surface area contributed by atoms with E-state index in [9.17, 15) is 5.11 Å². The van der Waals surface area contributed by atoms with Crippen molar-refractivity contribution in [3.63, 3.8) is 0 Å². The van der Waals surface area contributed by atoms with Crippen LogP contribution in [0.5, 0.6) is 0 Å². The zero-order chi connectivity index (χ0) is 18.4. The van der Waals surface area contributed by atoms with Gasteiger partial charge in [0.05, 0.1) is 5.69 Å². The first-order valence-electron chi connectivity index (χ1n) is 8.95. The Bertz CT molecular complexity index is 1090. The maximum atomic E-state index is 11.7. The van der Waals surface area contributed by atoms with Crippen LogP contribution in [0.1, 0.15) is 16.9 Å². The highest BCUT2D eigenvalue weighted by Crippen LogP contribution is 2.40. The van der Waals surface area contributed by atoms with Crippen molar-refractivity contribution in [2.45, 2.75) is 12.1 Å². The fourth-order valence-electron chi connectivity index (χ4n) is 3.96. The van der Waals surface area contributed by atoms with E-state index in [2.05, 4.69) is 21.2 Å². The molecule has 0 saturated carbocycles. The fourth-order valence-corrected chi connectivity index (χ4v) is 3.96. The molecule has 0 radical (unpaired) electrons. The molecule has 5 heteroatoms. The predicted octanol–water partition coefficient (Wildman–Crippen LogP) is 3.57. The van der Waals surface area contributed by atoms with E-state index < -0.39 is 5.60 Å². The Balaban J connectivity index is 1.65. The zero-order valence-corrected chi connectivity index (χ0v) is 15.0. The van der Waals surface area contributed by atoms with E-state index >= 15 is 0 Å². The lowest BCUT2D eigenvalue weighted by molar-refractivity contribution is 0.0113. The summed E-state index contributed by atoms with van der Waals surface area (Å²) >= 11 is 0. The lowest BCUT2D eigenvalue weighted by Gasteiger charge is -2.38. The van der Waals surface area contributed by atoms with Crippen LogP contribution in [0, 0.1) is 0 Å². The first kappa shape index (κ1) is 16.2. The molecule has 0 bridgehead atoms. The molecule has 2 aromatic heterocycles. The van der Waals surface area contributed by atoms with Crippen LogP contribution in [0.3, 0.4) is 0 Å². The van der Waals surface area contributed by atoms with E-state index in [0.29, 0.717) is 12.3 Å². The molecular formula is C22H19N3O2. The maximum Gasteiger partial charge on any atom is 0.160 e. The van der Waals surface area contributed by atoms with Crippen molar-refractivity contribution >= 4 is 11.0 Å². The number of benzene rings is 2. The number of fused-ring (bicyclic) bond motifs is 2. The van der Waals surface area contributed by atoms with Crippen molar-refractivity contribution in [1.29, 1.82) is 0 Å². The number of para-hydroxylation sites is 1. The number of nitrogens with zero attached hydrogens (tertiary/aromatic N) is 3. The lowest BCUT2D eigenvalue weighted by Crippen LogP contribution is -2.44. The summed E-state index contributed by atoms with van der Waals surface area (Å²) in [4.78, 5) is 2.11. The number of β-amino-alcohol motifs (C(OH)–C–C–N with tert-alkyl or cyclic N) is 1. The van der Waals surface area contributed by atoms with Crippen LogP contribution in [0.2, 0.25) is 0 Å². The van der Waals surface area contributed by atoms with E-state index in [-0.39, 0.29) is 0 Å². The first-order chi connectivity index (χ1) is 13.1. The quantitative estimate of drug-likeness (QED) is 0.594. The third kappa shape index (κ3) is 2.63. The summed E-state index contributed by atoms with van der Waals surface area (Å²) in [6.07, 6.45) is 1.66. The van der Waals surface area contributed by atoms with E-state index in [4.69, 9.17) is 4.42 Å². The van der Waals surface area contributed by atoms with E-state index in [0.717, 1.165) is 39.9 Å². The smallest absolute Gasteiger partial charge is 0.160 e. The van der Waals surface area contributed by atoms with Crippen molar-refractivity contribution in [2.75, 3.05) is 13.6 Å². The van der Waals surface area contributed by atoms with Gasteiger partial charge in [0.25, 0.3) is 0 Å². The second-order valence-electron chi connectivity index (χ2n) is 7.16. The molecular weight excluding hydrogens is 338 g/mol. The summed E-state index contributed by atoms with van der Waals surface area (Å²) in [5, 5.41) is 20.8. The first-order valence-corrected chi connectivity index (χ1v) is 8.95. The van der Waals surface area contributed by atoms with Gasteiger partial charge >= 0.3 is 0 Å². The van der Waals surface area contributed by atoms with Crippen LogP contribution in [-0.2, 0) is 12.1 Å². The van der Waals surface area contributed by atoms with E-state index in [1.54, 1.807) is 6.20 Å². The molecule has 27 heavy (non-hydrogen) atoms. The molecule has 0 amide bonds. The third-order valence-corrected chi connectivity index (χ3v) is 5.19. The van der Waals surface area contributed by atoms with E-state index in [1.165, 1.54) is 0 Å². The largest absolute Gasteiger partial charge is 0.458 e. The predicted molar refractivity (Wildman–Crippen MR) is 103 cm³/mol. The molecule has 1 atom stereocenters. The van der Waals surface area contributed by atoms with Gasteiger partial charge in [-0.25, -0.2) is 0 Å². The van der Waals surface area contributed by atoms with Gasteiger partial charge in [0, 0.05) is 30.2 Å². The Morgan fingerprint density at radius 2 is 1.96 bits per heavy atom. The number of furan rings is 1. The molecule has 0 saturated heterocycles. The molecule has 1 aliphatic heterocycles. The summed E-state index contributed by atoms with van der Waals surface area (Å²) < 4.78 is 6.03. The second-order valence-corrected chi connectivity index (χ2v) is 7.16. The molecule has 0 aliphatic carbocycles. The Morgan fingerprint density at radius 1 is 1.07 bits per heavy atom. The fraction of sp³-hybridized carbons (Fsp3) is 0.182. The molecule has 0 spiro atoms. The second kappa shape index (κ2) is 6.01. The van der Waals surface area contributed by atoms with E-state index in [1.807, 2.05) is 61.6 Å². The minimum absolute atomic E-state index is 0.476. The van der Waals surface area contributed by atoms with Gasteiger partial charge in [-0.3, -0.25) is 4.90 Å². The Labute approximate surface area is 156 Å². The van der Waals surface area contributed by atoms with Crippen LogP contribution in [-0.4, -0.2) is 33.8 Å². The van der Waals surface area contributed by atoms with Gasteiger partial charge in [0.15, 0.2) is 5.60 Å². The van der Waals surface area contributed by atoms with Gasteiger partial charge in [-0.2, -0.15) is 10.2 Å². The molecule has 3 heterocycles. The van der Waals surface area contributed by atoms with Crippen LogP contribution >= 0.6 is 0 Å². The molecule has 4 aromatic rings. The van der Waals surface area contributed by atoms with Crippen molar-refractivity contribution in [3.8, 4) is 11.3 Å². The Kier molecular flexibility index (Phi) is 3.60. The topological polar surface area (TPSA) is 62.4 Å². The van der Waals surface area contributed by atoms with Crippen molar-refractivity contribution in [1.82, 2.24) is 15.1 Å². The summed E-state index contributed by atoms with van der Waals surface area (Å²) in [6.45, 7) is 1.23. The highest BCUT2D eigenvalue weighted by atomic mass is 16.4. The highest BCUT2D eigenvalue weighted by molar-refractivity contribution is 5.78. The molecule has 1 aliphatic rings. The molecule has 134 valence electrons. The third-order valence-electron chi connectivity index (χ3n) is 5.19. The van der Waals surface area contributed by atoms with Crippen LogP contribution in [0.4, 0.5) is 0 Å². The summed E-state index contributed by atoms with van der Waals surface area (Å²) in [5.41, 5.74) is 3.35. The standard InChI is InChI=1S/C22H19N3O2/c1-25-13-17-11-15(19-6-4-10-23-24-19)8-9-18(17)22(26,14-25)21-12-16-5-2-3-7-20(16)27-21/h2-12,26H,13-14H2,1H3. The average Bonchev–Trinajstić information content (AvgIpc) is 3.13. The Morgan fingerprint density at radius 3 is 2.78 bits per heavy atom. The van der Waals surface area contributed by atoms with Crippen LogP contribution < -0.4 is 0 Å². The number of likely N-dealkylation sites (N-methyl/N-ethyl adjacent to an activating group) is 1. The number of aliphatic hydroxyl groups is 1. The minimum atomic E-state index is -1.19. The number of hydrogen-bond donors (Lipinski definition) is 1. The zero-order valence-electron chi connectivity index (χ0n) is 15.0. The summed E-state index contributed by atoms with van der Waals surface area (Å²) in [5.74, 6) is 0.573. The number of aromatic nitrogens is 2. The van der Waals surface area contributed by atoms with Gasteiger partial charge < -0.3 is 9.52 Å². The van der Waals surface area contributed by atoms with Crippen LogP contribution in [0.25, 0.3) is 22.2 Å². The molecule has 1 N–H and O–H groups in total. The molecule has 0 fully saturated rings. The van der Waals surface area contributed by atoms with Gasteiger partial charge in [-0.05, 0) is 48.5 Å². The van der Waals surface area contributed by atoms with Crippen molar-refractivity contribution < 1.29 is 9.52 Å². The monoisotopic (exact) mass is 357 g/mol. The average molecular weight is 357 g/mol. The normalized spacial score (nSPS) is 19.9. The van der Waals surface area contributed by atoms with Gasteiger partial charge in [-0.15, -0.1) is 0 Å². The van der Waals surface area contributed by atoms with Gasteiger partial charge in [0.1, 0.15) is 11.3 Å². The summed E-state index contributed by atoms with van der Waals surface area (Å²) in [7, 11) is 2.01.